The third kappa shape index (κ3) is 3.58. The Bertz CT molecular complexity index is 1070. The number of hydrogen-bond donors (Lipinski definition) is 1. The van der Waals surface area contributed by atoms with Crippen molar-refractivity contribution in [3.05, 3.63) is 70.9 Å². The van der Waals surface area contributed by atoms with E-state index >= 15 is 0 Å². The van der Waals surface area contributed by atoms with Gasteiger partial charge in [0.1, 0.15) is 10.7 Å². The average Bonchev–Trinajstić information content (AvgIpc) is 2.91. The Hall–Kier alpha value is -2.78. The van der Waals surface area contributed by atoms with Crippen molar-refractivity contribution in [3.63, 3.8) is 0 Å². The number of halogens is 1. The van der Waals surface area contributed by atoms with Gasteiger partial charge in [-0.25, -0.2) is 27.0 Å². The lowest BCUT2D eigenvalue weighted by Crippen LogP contribution is -2.32. The van der Waals surface area contributed by atoms with E-state index in [0.717, 1.165) is 11.6 Å². The molecule has 1 aromatic heterocycles. The zero-order valence-electron chi connectivity index (χ0n) is 14.0. The van der Waals surface area contributed by atoms with Crippen LogP contribution in [0.3, 0.4) is 0 Å². The second-order valence-corrected chi connectivity index (χ2v) is 7.32. The monoisotopic (exact) mass is 376 g/mol. The van der Waals surface area contributed by atoms with Crippen molar-refractivity contribution in [1.82, 2.24) is 19.1 Å². The predicted octanol–water partition coefficient (Wildman–Crippen LogP) is 1.37. The smallest absolute Gasteiger partial charge is 0.278 e. The van der Waals surface area contributed by atoms with Gasteiger partial charge in [-0.2, -0.15) is 0 Å². The zero-order valence-corrected chi connectivity index (χ0v) is 14.8. The highest BCUT2D eigenvalue weighted by molar-refractivity contribution is 7.89. The molecule has 3 rings (SSSR count). The quantitative estimate of drug-likeness (QED) is 0.704. The summed E-state index contributed by atoms with van der Waals surface area (Å²) in [6.45, 7) is -0.0744. The van der Waals surface area contributed by atoms with Gasteiger partial charge in [0.15, 0.2) is 5.82 Å². The van der Waals surface area contributed by atoms with Crippen molar-refractivity contribution in [3.8, 4) is 11.4 Å². The fraction of sp³-hybridized carbons (Fsp3) is 0.176. The molecule has 2 aromatic carbocycles. The van der Waals surface area contributed by atoms with Crippen LogP contribution in [0.15, 0.2) is 64.3 Å². The van der Waals surface area contributed by atoms with E-state index in [4.69, 9.17) is 0 Å². The molecule has 26 heavy (non-hydrogen) atoms. The number of aromatic nitrogens is 3. The van der Waals surface area contributed by atoms with Crippen LogP contribution >= 0.6 is 0 Å². The number of nitrogens with one attached hydrogen (secondary N) is 1. The fourth-order valence-corrected chi connectivity index (χ4v) is 3.60. The van der Waals surface area contributed by atoms with Crippen LogP contribution in [0.5, 0.6) is 0 Å². The normalized spacial score (nSPS) is 11.6. The lowest BCUT2D eigenvalue weighted by Gasteiger charge is -2.07. The number of rotatable bonds is 6. The largest absolute Gasteiger partial charge is 0.345 e. The van der Waals surface area contributed by atoms with E-state index in [9.17, 15) is 17.6 Å². The highest BCUT2D eigenvalue weighted by Gasteiger charge is 2.18. The van der Waals surface area contributed by atoms with Crippen molar-refractivity contribution >= 4 is 10.0 Å². The zero-order chi connectivity index (χ0) is 18.7. The minimum absolute atomic E-state index is 0.0210. The second-order valence-electron chi connectivity index (χ2n) is 5.58. The molecule has 0 spiro atoms. The molecule has 0 bridgehead atoms. The van der Waals surface area contributed by atoms with Gasteiger partial charge in [0, 0.05) is 19.2 Å². The van der Waals surface area contributed by atoms with Crippen molar-refractivity contribution in [2.75, 3.05) is 6.54 Å². The molecule has 1 N–H and O–H groups in total. The van der Waals surface area contributed by atoms with Crippen LogP contribution in [0.1, 0.15) is 0 Å². The lowest BCUT2D eigenvalue weighted by molar-refractivity contribution is 0.539. The molecule has 0 aliphatic heterocycles. The predicted molar refractivity (Wildman–Crippen MR) is 94.5 cm³/mol. The molecule has 0 amide bonds. The molecule has 7 nitrogen and oxygen atoms in total. The number of benzene rings is 2. The molecule has 136 valence electrons. The highest BCUT2D eigenvalue weighted by atomic mass is 32.2. The Kier molecular flexibility index (Phi) is 5.01. The van der Waals surface area contributed by atoms with E-state index in [1.165, 1.54) is 27.4 Å². The van der Waals surface area contributed by atoms with Crippen molar-refractivity contribution in [1.29, 1.82) is 0 Å². The summed E-state index contributed by atoms with van der Waals surface area (Å²) in [6.07, 6.45) is 0. The summed E-state index contributed by atoms with van der Waals surface area (Å²) < 4.78 is 42.8. The SMILES string of the molecule is Cn1c(-c2ccccc2)nn(CCNS(=O)(=O)c2ccccc2F)c1=O. The van der Waals surface area contributed by atoms with Gasteiger partial charge >= 0.3 is 5.69 Å². The average molecular weight is 376 g/mol. The van der Waals surface area contributed by atoms with Gasteiger partial charge in [0.2, 0.25) is 10.0 Å². The summed E-state index contributed by atoms with van der Waals surface area (Å²) in [5.74, 6) is -0.353. The number of sulfonamides is 1. The number of hydrogen-bond acceptors (Lipinski definition) is 4. The van der Waals surface area contributed by atoms with Gasteiger partial charge in [0.25, 0.3) is 0 Å². The Balaban J connectivity index is 1.75. The van der Waals surface area contributed by atoms with Crippen LogP contribution in [-0.4, -0.2) is 29.3 Å². The summed E-state index contributed by atoms with van der Waals surface area (Å²) >= 11 is 0. The molecular weight excluding hydrogens is 359 g/mol. The van der Waals surface area contributed by atoms with E-state index in [2.05, 4.69) is 9.82 Å². The van der Waals surface area contributed by atoms with Gasteiger partial charge in [-0.15, -0.1) is 5.10 Å². The molecule has 0 radical (unpaired) electrons. The van der Waals surface area contributed by atoms with Crippen LogP contribution in [0.25, 0.3) is 11.4 Å². The maximum atomic E-state index is 13.7. The Morgan fingerprint density at radius 1 is 1.08 bits per heavy atom. The summed E-state index contributed by atoms with van der Waals surface area (Å²) in [7, 11) is -2.41. The third-order valence-electron chi connectivity index (χ3n) is 3.81. The molecular formula is C17H17FN4O3S. The molecule has 1 heterocycles. The standard InChI is InChI=1S/C17H17FN4O3S/c1-21-16(13-7-3-2-4-8-13)20-22(17(21)23)12-11-19-26(24,25)15-10-6-5-9-14(15)18/h2-10,19H,11-12H2,1H3. The van der Waals surface area contributed by atoms with Gasteiger partial charge in [0.05, 0.1) is 6.54 Å². The number of nitrogens with zero attached hydrogens (tertiary/aromatic N) is 3. The third-order valence-corrected chi connectivity index (χ3v) is 5.31. The molecule has 0 unspecified atom stereocenters. The topological polar surface area (TPSA) is 86.0 Å². The first-order valence-electron chi connectivity index (χ1n) is 7.83. The molecule has 0 aliphatic rings. The molecule has 0 fully saturated rings. The van der Waals surface area contributed by atoms with Crippen molar-refractivity contribution in [2.45, 2.75) is 11.4 Å². The molecule has 0 saturated heterocycles. The van der Waals surface area contributed by atoms with E-state index in [1.807, 2.05) is 30.3 Å². The Labute approximate surface area is 149 Å². The first-order chi connectivity index (χ1) is 12.4. The first-order valence-corrected chi connectivity index (χ1v) is 9.32. The van der Waals surface area contributed by atoms with E-state index in [-0.39, 0.29) is 18.8 Å². The van der Waals surface area contributed by atoms with Crippen molar-refractivity contribution in [2.24, 2.45) is 7.05 Å². The van der Waals surface area contributed by atoms with Gasteiger partial charge in [-0.3, -0.25) is 4.57 Å². The molecule has 3 aromatic rings. The Morgan fingerprint density at radius 3 is 2.42 bits per heavy atom. The Morgan fingerprint density at radius 2 is 1.73 bits per heavy atom. The maximum Gasteiger partial charge on any atom is 0.345 e. The summed E-state index contributed by atoms with van der Waals surface area (Å²) in [6, 6.07) is 14.3. The lowest BCUT2D eigenvalue weighted by atomic mass is 10.2. The first kappa shape index (κ1) is 18.0. The van der Waals surface area contributed by atoms with E-state index in [0.29, 0.717) is 5.82 Å². The van der Waals surface area contributed by atoms with E-state index in [1.54, 1.807) is 7.05 Å². The maximum absolute atomic E-state index is 13.7. The van der Waals surface area contributed by atoms with Gasteiger partial charge in [-0.05, 0) is 12.1 Å². The van der Waals surface area contributed by atoms with Crippen LogP contribution in [0, 0.1) is 5.82 Å². The second kappa shape index (κ2) is 7.22. The minimum atomic E-state index is -4.00. The molecule has 9 heteroatoms. The van der Waals surface area contributed by atoms with Crippen LogP contribution in [0.2, 0.25) is 0 Å². The van der Waals surface area contributed by atoms with Crippen LogP contribution < -0.4 is 10.4 Å². The van der Waals surface area contributed by atoms with Gasteiger partial charge < -0.3 is 0 Å². The molecule has 0 saturated carbocycles. The fourth-order valence-electron chi connectivity index (χ4n) is 2.50. The highest BCUT2D eigenvalue weighted by Crippen LogP contribution is 2.14. The molecule has 0 atom stereocenters. The summed E-state index contributed by atoms with van der Waals surface area (Å²) in [5.41, 5.74) is 0.409. The van der Waals surface area contributed by atoms with Crippen molar-refractivity contribution < 1.29 is 12.8 Å². The summed E-state index contributed by atoms with van der Waals surface area (Å²) in [5, 5.41) is 4.25. The van der Waals surface area contributed by atoms with Crippen LogP contribution in [-0.2, 0) is 23.6 Å². The molecule has 0 aliphatic carbocycles. The van der Waals surface area contributed by atoms with Gasteiger partial charge in [-0.1, -0.05) is 42.5 Å². The summed E-state index contributed by atoms with van der Waals surface area (Å²) in [4.78, 5) is 11.8. The van der Waals surface area contributed by atoms with E-state index < -0.39 is 20.7 Å². The minimum Gasteiger partial charge on any atom is -0.278 e. The van der Waals surface area contributed by atoms with Crippen LogP contribution in [0.4, 0.5) is 4.39 Å².